The summed E-state index contributed by atoms with van der Waals surface area (Å²) in [5, 5.41) is 5.28. The summed E-state index contributed by atoms with van der Waals surface area (Å²) in [4.78, 5) is 48.6. The van der Waals surface area contributed by atoms with Gasteiger partial charge in [0.1, 0.15) is 5.58 Å². The molecule has 1 atom stereocenters. The highest BCUT2D eigenvalue weighted by atomic mass is 16.6. The number of rotatable bonds is 4. The van der Waals surface area contributed by atoms with Gasteiger partial charge in [-0.3, -0.25) is 14.9 Å². The fourth-order valence-electron chi connectivity index (χ4n) is 3.32. The normalized spacial score (nSPS) is 15.5. The number of nitrogens with one attached hydrogen (secondary N) is 2. The van der Waals surface area contributed by atoms with Crippen molar-refractivity contribution < 1.29 is 23.5 Å². The van der Waals surface area contributed by atoms with Gasteiger partial charge in [-0.2, -0.15) is 0 Å². The number of hydrogen-bond acceptors (Lipinski definition) is 6. The molecule has 1 aliphatic rings. The number of benzene rings is 1. The van der Waals surface area contributed by atoms with E-state index in [1.165, 1.54) is 6.92 Å². The van der Waals surface area contributed by atoms with Crippen LogP contribution < -0.4 is 16.1 Å². The topological polar surface area (TPSA) is 115 Å². The van der Waals surface area contributed by atoms with Crippen molar-refractivity contribution in [3.63, 3.8) is 0 Å². The van der Waals surface area contributed by atoms with E-state index < -0.39 is 24.0 Å². The summed E-state index contributed by atoms with van der Waals surface area (Å²) < 4.78 is 10.5. The molecule has 1 heterocycles. The molecule has 154 valence electrons. The molecule has 3 rings (SSSR count). The Morgan fingerprint density at radius 2 is 1.86 bits per heavy atom. The highest BCUT2D eigenvalue weighted by Crippen LogP contribution is 2.17. The fourth-order valence-corrected chi connectivity index (χ4v) is 3.32. The summed E-state index contributed by atoms with van der Waals surface area (Å²) in [7, 11) is 0. The summed E-state index contributed by atoms with van der Waals surface area (Å²) in [6.07, 6.45) is 3.77. The van der Waals surface area contributed by atoms with Crippen LogP contribution in [0, 0.1) is 6.92 Å². The van der Waals surface area contributed by atoms with Crippen LogP contribution in [-0.4, -0.2) is 30.1 Å². The van der Waals surface area contributed by atoms with Gasteiger partial charge in [-0.1, -0.05) is 30.9 Å². The lowest BCUT2D eigenvalue weighted by atomic mass is 9.96. The Kier molecular flexibility index (Phi) is 6.31. The van der Waals surface area contributed by atoms with Gasteiger partial charge in [0.2, 0.25) is 5.76 Å². The number of carbonyl (C=O) groups is 3. The molecule has 8 nitrogen and oxygen atoms in total. The number of urea groups is 1. The summed E-state index contributed by atoms with van der Waals surface area (Å²) in [5.74, 6) is -2.03. The number of hydrogen-bond donors (Lipinski definition) is 2. The zero-order chi connectivity index (χ0) is 21.0. The molecule has 0 radical (unpaired) electrons. The second kappa shape index (κ2) is 8.89. The maximum Gasteiger partial charge on any atom is 0.375 e. The lowest BCUT2D eigenvalue weighted by molar-refractivity contribution is -0.128. The van der Waals surface area contributed by atoms with E-state index in [1.807, 2.05) is 6.92 Å². The van der Waals surface area contributed by atoms with Crippen LogP contribution in [0.4, 0.5) is 4.79 Å². The van der Waals surface area contributed by atoms with E-state index in [-0.39, 0.29) is 22.8 Å². The number of fused-ring (bicyclic) bond motifs is 1. The van der Waals surface area contributed by atoms with E-state index in [9.17, 15) is 19.2 Å². The Morgan fingerprint density at radius 3 is 2.59 bits per heavy atom. The van der Waals surface area contributed by atoms with Crippen molar-refractivity contribution in [2.75, 3.05) is 0 Å². The third-order valence-corrected chi connectivity index (χ3v) is 4.91. The molecule has 1 aromatic heterocycles. The van der Waals surface area contributed by atoms with Crippen molar-refractivity contribution in [2.45, 2.75) is 58.1 Å². The van der Waals surface area contributed by atoms with Crippen molar-refractivity contribution >= 4 is 28.9 Å². The molecule has 1 fully saturated rings. The molecule has 0 saturated heterocycles. The molecule has 2 N–H and O–H groups in total. The number of aryl methyl sites for hydroxylation is 1. The Labute approximate surface area is 167 Å². The van der Waals surface area contributed by atoms with Gasteiger partial charge in [-0.25, -0.2) is 9.59 Å². The first kappa shape index (κ1) is 20.6. The van der Waals surface area contributed by atoms with Crippen LogP contribution >= 0.6 is 0 Å². The quantitative estimate of drug-likeness (QED) is 0.763. The molecule has 1 aliphatic carbocycles. The lowest BCUT2D eigenvalue weighted by Gasteiger charge is -2.23. The van der Waals surface area contributed by atoms with E-state index in [2.05, 4.69) is 10.6 Å². The zero-order valence-corrected chi connectivity index (χ0v) is 16.4. The van der Waals surface area contributed by atoms with Gasteiger partial charge in [0.25, 0.3) is 5.91 Å². The van der Waals surface area contributed by atoms with Gasteiger partial charge in [0.05, 0.1) is 5.39 Å². The number of carbonyl (C=O) groups excluding carboxylic acids is 3. The molecule has 0 unspecified atom stereocenters. The minimum Gasteiger partial charge on any atom is -0.449 e. The highest BCUT2D eigenvalue weighted by Gasteiger charge is 2.24. The maximum atomic E-state index is 12.3. The Hall–Kier alpha value is -3.16. The molecule has 0 spiro atoms. The van der Waals surface area contributed by atoms with Crippen LogP contribution in [0.3, 0.4) is 0 Å². The van der Waals surface area contributed by atoms with Gasteiger partial charge >= 0.3 is 12.0 Å². The average Bonchev–Trinajstić information content (AvgIpc) is 2.68. The molecule has 29 heavy (non-hydrogen) atoms. The Balaban J connectivity index is 1.60. The van der Waals surface area contributed by atoms with Crippen molar-refractivity contribution in [1.29, 1.82) is 0 Å². The average molecular weight is 400 g/mol. The minimum absolute atomic E-state index is 0.0462. The van der Waals surface area contributed by atoms with Gasteiger partial charge in [-0.05, 0) is 38.8 Å². The zero-order valence-electron chi connectivity index (χ0n) is 16.4. The van der Waals surface area contributed by atoms with Crippen molar-refractivity contribution in [3.8, 4) is 0 Å². The van der Waals surface area contributed by atoms with Gasteiger partial charge < -0.3 is 14.5 Å². The van der Waals surface area contributed by atoms with Crippen molar-refractivity contribution in [1.82, 2.24) is 10.6 Å². The first-order valence-electron chi connectivity index (χ1n) is 9.70. The van der Waals surface area contributed by atoms with E-state index >= 15 is 0 Å². The first-order chi connectivity index (χ1) is 13.8. The summed E-state index contributed by atoms with van der Waals surface area (Å²) in [5.41, 5.74) is 0.752. The van der Waals surface area contributed by atoms with E-state index in [1.54, 1.807) is 18.2 Å². The Bertz CT molecular complexity index is 990. The maximum absolute atomic E-state index is 12.3. The van der Waals surface area contributed by atoms with Crippen LogP contribution in [0.1, 0.15) is 55.1 Å². The number of imide groups is 1. The highest BCUT2D eigenvalue weighted by molar-refractivity contribution is 5.98. The van der Waals surface area contributed by atoms with Gasteiger partial charge in [0, 0.05) is 12.1 Å². The van der Waals surface area contributed by atoms with Crippen LogP contribution in [0.5, 0.6) is 0 Å². The molecular weight excluding hydrogens is 376 g/mol. The second-order valence-electron chi connectivity index (χ2n) is 7.32. The summed E-state index contributed by atoms with van der Waals surface area (Å²) >= 11 is 0. The molecule has 1 aromatic carbocycles. The Morgan fingerprint density at radius 1 is 1.14 bits per heavy atom. The standard InChI is InChI=1S/C21H24N2O6/c1-12-8-9-17-15(10-12)16(24)11-18(29-17)20(26)28-13(2)19(25)23-21(27)22-14-6-4-3-5-7-14/h8-11,13-14H,3-7H2,1-2H3,(H2,22,23,25,27)/t13-/m1/s1. The SMILES string of the molecule is Cc1ccc2oc(C(=O)O[C@H](C)C(=O)NC(=O)NC3CCCCC3)cc(=O)c2c1. The lowest BCUT2D eigenvalue weighted by Crippen LogP contribution is -2.48. The molecular formula is C21H24N2O6. The van der Waals surface area contributed by atoms with Gasteiger partial charge in [0.15, 0.2) is 11.5 Å². The van der Waals surface area contributed by atoms with Crippen molar-refractivity contribution in [2.24, 2.45) is 0 Å². The predicted octanol–water partition coefficient (Wildman–Crippen LogP) is 2.81. The van der Waals surface area contributed by atoms with E-state index in [0.717, 1.165) is 43.7 Å². The largest absolute Gasteiger partial charge is 0.449 e. The second-order valence-corrected chi connectivity index (χ2v) is 7.32. The smallest absolute Gasteiger partial charge is 0.375 e. The molecule has 3 amide bonds. The minimum atomic E-state index is -1.24. The third kappa shape index (κ3) is 5.22. The number of esters is 1. The van der Waals surface area contributed by atoms with Gasteiger partial charge in [-0.15, -0.1) is 0 Å². The van der Waals surface area contributed by atoms with Crippen LogP contribution in [0.25, 0.3) is 11.0 Å². The third-order valence-electron chi connectivity index (χ3n) is 4.91. The van der Waals surface area contributed by atoms with Crippen LogP contribution in [-0.2, 0) is 9.53 Å². The molecule has 8 heteroatoms. The monoisotopic (exact) mass is 400 g/mol. The summed E-state index contributed by atoms with van der Waals surface area (Å²) in [6, 6.07) is 5.47. The number of ether oxygens (including phenoxy) is 1. The molecule has 1 saturated carbocycles. The van der Waals surface area contributed by atoms with E-state index in [4.69, 9.17) is 9.15 Å². The predicted molar refractivity (Wildman–Crippen MR) is 106 cm³/mol. The molecule has 0 bridgehead atoms. The first-order valence-corrected chi connectivity index (χ1v) is 9.70. The van der Waals surface area contributed by atoms with Crippen molar-refractivity contribution in [3.05, 3.63) is 45.8 Å². The molecule has 2 aromatic rings. The number of amides is 3. The summed E-state index contributed by atoms with van der Waals surface area (Å²) in [6.45, 7) is 3.18. The van der Waals surface area contributed by atoms with Crippen LogP contribution in [0.15, 0.2) is 33.5 Å². The van der Waals surface area contributed by atoms with Crippen LogP contribution in [0.2, 0.25) is 0 Å². The fraction of sp³-hybridized carbons (Fsp3) is 0.429. The molecule has 0 aliphatic heterocycles. The van der Waals surface area contributed by atoms with E-state index in [0.29, 0.717) is 5.39 Å².